The predicted molar refractivity (Wildman–Crippen MR) is 134 cm³/mol. The molecule has 0 radical (unpaired) electrons. The third-order valence-corrected chi connectivity index (χ3v) is 6.09. The molecule has 1 atom stereocenters. The summed E-state index contributed by atoms with van der Waals surface area (Å²) >= 11 is 0. The van der Waals surface area contributed by atoms with Crippen LogP contribution in [0.1, 0.15) is 18.4 Å². The SMILES string of the molecule is NCC(CCN1CCN(c2ncc(F)cn2)CC1)C1=Nc2ccccc2CC1.O=C(O)/C=C/C(=O)O. The molecule has 2 aliphatic heterocycles. The van der Waals surface area contributed by atoms with Crippen molar-refractivity contribution in [2.45, 2.75) is 19.3 Å². The number of aryl methyl sites for hydroxylation is 1. The predicted octanol–water partition coefficient (Wildman–Crippen LogP) is 2.13. The minimum Gasteiger partial charge on any atom is -0.478 e. The first-order chi connectivity index (χ1) is 17.4. The van der Waals surface area contributed by atoms with E-state index in [1.54, 1.807) is 0 Å². The molecule has 0 spiro atoms. The van der Waals surface area contributed by atoms with E-state index >= 15 is 0 Å². The highest BCUT2D eigenvalue weighted by Gasteiger charge is 2.23. The Morgan fingerprint density at radius 3 is 2.28 bits per heavy atom. The second-order valence-corrected chi connectivity index (χ2v) is 8.49. The number of halogens is 1. The largest absolute Gasteiger partial charge is 0.478 e. The fourth-order valence-corrected chi connectivity index (χ4v) is 4.14. The second kappa shape index (κ2) is 13.4. The molecule has 1 aromatic heterocycles. The number of carbonyl (C=O) groups is 2. The van der Waals surface area contributed by atoms with Crippen LogP contribution in [0.3, 0.4) is 0 Å². The van der Waals surface area contributed by atoms with E-state index in [0.717, 1.165) is 57.7 Å². The van der Waals surface area contributed by atoms with Crippen molar-refractivity contribution >= 4 is 29.3 Å². The first kappa shape index (κ1) is 26.9. The molecule has 3 heterocycles. The monoisotopic (exact) mass is 498 g/mol. The van der Waals surface area contributed by atoms with Gasteiger partial charge in [0.15, 0.2) is 5.82 Å². The highest BCUT2D eigenvalue weighted by Crippen LogP contribution is 2.28. The molecule has 10 nitrogen and oxygen atoms in total. The number of benzene rings is 1. The Hall–Kier alpha value is -3.70. The van der Waals surface area contributed by atoms with Crippen LogP contribution < -0.4 is 10.6 Å². The van der Waals surface area contributed by atoms with E-state index in [9.17, 15) is 14.0 Å². The first-order valence-electron chi connectivity index (χ1n) is 11.8. The number of nitrogens with zero attached hydrogens (tertiary/aromatic N) is 5. The second-order valence-electron chi connectivity index (χ2n) is 8.49. The third kappa shape index (κ3) is 8.21. The van der Waals surface area contributed by atoms with Gasteiger partial charge in [-0.1, -0.05) is 18.2 Å². The average molecular weight is 499 g/mol. The summed E-state index contributed by atoms with van der Waals surface area (Å²) in [6.45, 7) is 5.27. The number of aliphatic imine (C=N–C) groups is 1. The van der Waals surface area contributed by atoms with E-state index in [1.807, 2.05) is 6.07 Å². The zero-order chi connectivity index (χ0) is 25.9. The van der Waals surface area contributed by atoms with Crippen LogP contribution in [0.25, 0.3) is 0 Å². The molecule has 4 N–H and O–H groups in total. The quantitative estimate of drug-likeness (QED) is 0.466. The molecular weight excluding hydrogens is 467 g/mol. The minimum absolute atomic E-state index is 0.340. The van der Waals surface area contributed by atoms with E-state index < -0.39 is 17.8 Å². The Bertz CT molecular complexity index is 1070. The van der Waals surface area contributed by atoms with Gasteiger partial charge in [-0.2, -0.15) is 0 Å². The molecule has 192 valence electrons. The molecule has 2 aliphatic rings. The fraction of sp³-hybridized carbons (Fsp3) is 0.400. The lowest BCUT2D eigenvalue weighted by atomic mass is 9.91. The molecule has 1 unspecified atom stereocenters. The highest BCUT2D eigenvalue weighted by molar-refractivity contribution is 5.91. The Labute approximate surface area is 209 Å². The summed E-state index contributed by atoms with van der Waals surface area (Å²) in [6.07, 6.45) is 6.67. The molecule has 1 fully saturated rings. The van der Waals surface area contributed by atoms with Crippen LogP contribution in [-0.2, 0) is 16.0 Å². The molecule has 1 saturated heterocycles. The summed E-state index contributed by atoms with van der Waals surface area (Å²) in [5.74, 6) is -1.97. The lowest BCUT2D eigenvalue weighted by Gasteiger charge is -2.35. The number of nitrogens with two attached hydrogens (primary N) is 1. The van der Waals surface area contributed by atoms with Gasteiger partial charge >= 0.3 is 11.9 Å². The van der Waals surface area contributed by atoms with Gasteiger partial charge in [0.25, 0.3) is 0 Å². The molecule has 4 rings (SSSR count). The van der Waals surface area contributed by atoms with Crippen LogP contribution in [0.4, 0.5) is 16.0 Å². The smallest absolute Gasteiger partial charge is 0.328 e. The van der Waals surface area contributed by atoms with Crippen molar-refractivity contribution in [1.29, 1.82) is 0 Å². The van der Waals surface area contributed by atoms with E-state index in [-0.39, 0.29) is 0 Å². The lowest BCUT2D eigenvalue weighted by Crippen LogP contribution is -2.47. The van der Waals surface area contributed by atoms with Gasteiger partial charge in [-0.15, -0.1) is 0 Å². The van der Waals surface area contributed by atoms with Crippen molar-refractivity contribution in [2.75, 3.05) is 44.2 Å². The number of aromatic nitrogens is 2. The minimum atomic E-state index is -1.26. The van der Waals surface area contributed by atoms with Crippen LogP contribution in [0.2, 0.25) is 0 Å². The summed E-state index contributed by atoms with van der Waals surface area (Å²) in [5.41, 5.74) is 9.79. The fourth-order valence-electron chi connectivity index (χ4n) is 4.14. The topological polar surface area (TPSA) is 145 Å². The van der Waals surface area contributed by atoms with Crippen LogP contribution in [-0.4, -0.2) is 82.0 Å². The number of hydrogen-bond acceptors (Lipinski definition) is 8. The van der Waals surface area contributed by atoms with E-state index in [1.165, 1.54) is 23.7 Å². The van der Waals surface area contributed by atoms with Gasteiger partial charge in [0.05, 0.1) is 18.1 Å². The molecule has 1 aromatic carbocycles. The van der Waals surface area contributed by atoms with Gasteiger partial charge in [-0.25, -0.2) is 23.9 Å². The zero-order valence-electron chi connectivity index (χ0n) is 20.0. The molecule has 11 heteroatoms. The normalized spacial score (nSPS) is 16.5. The molecule has 0 aliphatic carbocycles. The molecule has 0 saturated carbocycles. The van der Waals surface area contributed by atoms with Crippen LogP contribution in [0.5, 0.6) is 0 Å². The van der Waals surface area contributed by atoms with Crippen molar-refractivity contribution in [2.24, 2.45) is 16.6 Å². The zero-order valence-corrected chi connectivity index (χ0v) is 20.0. The third-order valence-electron chi connectivity index (χ3n) is 6.09. The Morgan fingerprint density at radius 1 is 1.03 bits per heavy atom. The number of aliphatic carboxylic acids is 2. The summed E-state index contributed by atoms with van der Waals surface area (Å²) in [4.78, 5) is 36.7. The number of para-hydroxylation sites is 1. The first-order valence-corrected chi connectivity index (χ1v) is 11.8. The summed E-state index contributed by atoms with van der Waals surface area (Å²) in [5, 5.41) is 15.6. The number of rotatable bonds is 8. The Balaban J connectivity index is 0.000000392. The van der Waals surface area contributed by atoms with Crippen LogP contribution in [0.15, 0.2) is 53.8 Å². The number of carboxylic acid groups (broad SMARTS) is 2. The van der Waals surface area contributed by atoms with Crippen molar-refractivity contribution in [3.63, 3.8) is 0 Å². The number of fused-ring (bicyclic) bond motifs is 1. The lowest BCUT2D eigenvalue weighted by molar-refractivity contribution is -0.134. The summed E-state index contributed by atoms with van der Waals surface area (Å²) in [6, 6.07) is 8.39. The number of piperazine rings is 1. The molecule has 0 bridgehead atoms. The summed E-state index contributed by atoms with van der Waals surface area (Å²) in [7, 11) is 0. The van der Waals surface area contributed by atoms with Gasteiger partial charge < -0.3 is 20.8 Å². The molecule has 2 aromatic rings. The summed E-state index contributed by atoms with van der Waals surface area (Å²) < 4.78 is 13.0. The van der Waals surface area contributed by atoms with Gasteiger partial charge in [0.2, 0.25) is 5.95 Å². The number of anilines is 1. The van der Waals surface area contributed by atoms with E-state index in [0.29, 0.717) is 30.6 Å². The molecular formula is C25H31FN6O4. The Morgan fingerprint density at radius 2 is 1.67 bits per heavy atom. The molecule has 0 amide bonds. The maximum absolute atomic E-state index is 13.0. The van der Waals surface area contributed by atoms with Crippen molar-refractivity contribution in [1.82, 2.24) is 14.9 Å². The average Bonchev–Trinajstić information content (AvgIpc) is 2.89. The van der Waals surface area contributed by atoms with Gasteiger partial charge in [-0.3, -0.25) is 9.89 Å². The van der Waals surface area contributed by atoms with Crippen molar-refractivity contribution < 1.29 is 24.2 Å². The van der Waals surface area contributed by atoms with Gasteiger partial charge in [-0.05, 0) is 37.4 Å². The highest BCUT2D eigenvalue weighted by atomic mass is 19.1. The van der Waals surface area contributed by atoms with Gasteiger partial charge in [0, 0.05) is 56.5 Å². The van der Waals surface area contributed by atoms with Crippen molar-refractivity contribution in [3.8, 4) is 0 Å². The maximum atomic E-state index is 13.0. The number of carboxylic acids is 2. The van der Waals surface area contributed by atoms with E-state index in [2.05, 4.69) is 38.0 Å². The van der Waals surface area contributed by atoms with E-state index in [4.69, 9.17) is 20.9 Å². The maximum Gasteiger partial charge on any atom is 0.328 e. The van der Waals surface area contributed by atoms with Crippen LogP contribution in [0, 0.1) is 11.7 Å². The van der Waals surface area contributed by atoms with Crippen LogP contribution >= 0.6 is 0 Å². The number of hydrogen-bond donors (Lipinski definition) is 3. The van der Waals surface area contributed by atoms with Crippen molar-refractivity contribution in [3.05, 3.63) is 60.2 Å². The molecule has 36 heavy (non-hydrogen) atoms. The Kier molecular flexibility index (Phi) is 10.0. The van der Waals surface area contributed by atoms with Gasteiger partial charge in [0.1, 0.15) is 0 Å². The standard InChI is InChI=1S/C21H27FN6.C4H4O4/c22-18-14-24-21(25-15-18)28-11-9-27(10-12-28)8-7-17(13-23)20-6-5-16-3-1-2-4-19(16)26-20;5-3(6)1-2-4(7)8/h1-4,14-15,17H,5-13,23H2;1-2H,(H,5,6)(H,7,8)/b;2-1+.